The van der Waals surface area contributed by atoms with Crippen molar-refractivity contribution in [2.24, 2.45) is 0 Å². The average Bonchev–Trinajstić information content (AvgIpc) is 2.40. The predicted molar refractivity (Wildman–Crippen MR) is 80.7 cm³/mol. The van der Waals surface area contributed by atoms with E-state index in [9.17, 15) is 9.18 Å². The molecule has 22 heavy (non-hydrogen) atoms. The molecular formula is C16H14ClFN2O2. The molecule has 0 radical (unpaired) electrons. The van der Waals surface area contributed by atoms with Crippen molar-refractivity contribution in [3.05, 3.63) is 58.6 Å². The molecule has 0 aliphatic carbocycles. The largest absolute Gasteiger partial charge is 0.487 e. The van der Waals surface area contributed by atoms with E-state index in [2.05, 4.69) is 4.98 Å². The lowest BCUT2D eigenvalue weighted by molar-refractivity contribution is 0.0177. The molecule has 1 aromatic heterocycles. The van der Waals surface area contributed by atoms with E-state index in [4.69, 9.17) is 16.3 Å². The lowest BCUT2D eigenvalue weighted by Gasteiger charge is -2.39. The smallest absolute Gasteiger partial charge is 0.254 e. The first kappa shape index (κ1) is 14.8. The summed E-state index contributed by atoms with van der Waals surface area (Å²) in [5.74, 6) is -0.0259. The number of likely N-dealkylation sites (tertiary alicyclic amines) is 1. The van der Waals surface area contributed by atoms with E-state index in [-0.39, 0.29) is 22.6 Å². The second kappa shape index (κ2) is 5.93. The zero-order valence-electron chi connectivity index (χ0n) is 11.9. The number of ether oxygens (including phenoxy) is 1. The van der Waals surface area contributed by atoms with Crippen molar-refractivity contribution in [1.29, 1.82) is 0 Å². The van der Waals surface area contributed by atoms with Crippen molar-refractivity contribution in [1.82, 2.24) is 9.88 Å². The maximum absolute atomic E-state index is 13.3. The zero-order chi connectivity index (χ0) is 15.7. The van der Waals surface area contributed by atoms with Crippen molar-refractivity contribution >= 4 is 17.5 Å². The van der Waals surface area contributed by atoms with E-state index in [0.29, 0.717) is 13.1 Å². The minimum absolute atomic E-state index is 0.0604. The van der Waals surface area contributed by atoms with Gasteiger partial charge >= 0.3 is 0 Å². The fourth-order valence-electron chi connectivity index (χ4n) is 2.32. The monoisotopic (exact) mass is 320 g/mol. The molecule has 1 aliphatic rings. The molecule has 6 heteroatoms. The third-order valence-corrected chi connectivity index (χ3v) is 3.63. The first-order chi connectivity index (χ1) is 10.5. The summed E-state index contributed by atoms with van der Waals surface area (Å²) in [6, 6.07) is 7.45. The summed E-state index contributed by atoms with van der Waals surface area (Å²) in [5.41, 5.74) is 1.13. The Labute approximate surface area is 132 Å². The normalized spacial score (nSPS) is 14.6. The highest BCUT2D eigenvalue weighted by atomic mass is 35.5. The van der Waals surface area contributed by atoms with Gasteiger partial charge in [0.1, 0.15) is 17.7 Å². The number of amides is 1. The third-order valence-electron chi connectivity index (χ3n) is 3.42. The van der Waals surface area contributed by atoms with Gasteiger partial charge in [0.05, 0.1) is 13.1 Å². The lowest BCUT2D eigenvalue weighted by atomic mass is 10.1. The summed E-state index contributed by atoms with van der Waals surface area (Å²) in [7, 11) is 0. The molecule has 1 aliphatic heterocycles. The van der Waals surface area contributed by atoms with Crippen LogP contribution in [0.4, 0.5) is 4.39 Å². The topological polar surface area (TPSA) is 42.4 Å². The van der Waals surface area contributed by atoms with E-state index >= 15 is 0 Å². The SMILES string of the molecule is Cc1cc(OC2CN(C(=O)c3cc(F)cc(Cl)c3)C2)ccn1. The van der Waals surface area contributed by atoms with E-state index in [1.165, 1.54) is 18.2 Å². The predicted octanol–water partition coefficient (Wildman–Crippen LogP) is 3.09. The first-order valence-electron chi connectivity index (χ1n) is 6.86. The molecule has 0 atom stereocenters. The van der Waals surface area contributed by atoms with Crippen LogP contribution in [0.3, 0.4) is 0 Å². The molecule has 0 spiro atoms. The summed E-state index contributed by atoms with van der Waals surface area (Å²) in [4.78, 5) is 17.9. The maximum Gasteiger partial charge on any atom is 0.254 e. The van der Waals surface area contributed by atoms with Gasteiger partial charge in [-0.05, 0) is 31.2 Å². The molecule has 4 nitrogen and oxygen atoms in total. The number of pyridine rings is 1. The number of carbonyl (C=O) groups is 1. The van der Waals surface area contributed by atoms with E-state index < -0.39 is 5.82 Å². The van der Waals surface area contributed by atoms with Gasteiger partial charge < -0.3 is 9.64 Å². The first-order valence-corrected chi connectivity index (χ1v) is 7.24. The number of aromatic nitrogens is 1. The molecule has 0 N–H and O–H groups in total. The lowest BCUT2D eigenvalue weighted by Crippen LogP contribution is -2.56. The van der Waals surface area contributed by atoms with Gasteiger partial charge in [-0.15, -0.1) is 0 Å². The van der Waals surface area contributed by atoms with Crippen LogP contribution >= 0.6 is 11.6 Å². The molecule has 1 aromatic carbocycles. The maximum atomic E-state index is 13.3. The summed E-state index contributed by atoms with van der Waals surface area (Å²) in [6.45, 7) is 2.82. The molecule has 1 fully saturated rings. The second-order valence-electron chi connectivity index (χ2n) is 5.24. The van der Waals surface area contributed by atoms with Crippen LogP contribution in [0.5, 0.6) is 5.75 Å². The Hall–Kier alpha value is -2.14. The van der Waals surface area contributed by atoms with E-state index in [1.807, 2.05) is 13.0 Å². The third kappa shape index (κ3) is 3.20. The van der Waals surface area contributed by atoms with Gasteiger partial charge in [0, 0.05) is 28.5 Å². The number of benzene rings is 1. The molecule has 0 bridgehead atoms. The van der Waals surface area contributed by atoms with Crippen LogP contribution in [0.1, 0.15) is 16.1 Å². The highest BCUT2D eigenvalue weighted by molar-refractivity contribution is 6.31. The summed E-state index contributed by atoms with van der Waals surface area (Å²) in [6.07, 6.45) is 1.62. The van der Waals surface area contributed by atoms with Crippen molar-refractivity contribution < 1.29 is 13.9 Å². The number of hydrogen-bond acceptors (Lipinski definition) is 3. The van der Waals surface area contributed by atoms with E-state index in [0.717, 1.165) is 11.4 Å². The Morgan fingerprint density at radius 1 is 1.36 bits per heavy atom. The molecule has 0 saturated carbocycles. The molecular weight excluding hydrogens is 307 g/mol. The molecule has 1 amide bonds. The molecule has 2 aromatic rings. The molecule has 2 heterocycles. The fourth-order valence-corrected chi connectivity index (χ4v) is 2.55. The molecule has 1 saturated heterocycles. The van der Waals surface area contributed by atoms with Crippen LogP contribution in [0.2, 0.25) is 5.02 Å². The van der Waals surface area contributed by atoms with Gasteiger partial charge in [-0.3, -0.25) is 9.78 Å². The van der Waals surface area contributed by atoms with Gasteiger partial charge in [-0.1, -0.05) is 11.6 Å². The quantitative estimate of drug-likeness (QED) is 0.873. The summed E-state index contributed by atoms with van der Waals surface area (Å²) < 4.78 is 19.1. The van der Waals surface area contributed by atoms with Crippen LogP contribution in [0.25, 0.3) is 0 Å². The van der Waals surface area contributed by atoms with Gasteiger partial charge in [0.25, 0.3) is 5.91 Å². The van der Waals surface area contributed by atoms with Crippen LogP contribution in [-0.4, -0.2) is 35.0 Å². The van der Waals surface area contributed by atoms with Gasteiger partial charge in [-0.25, -0.2) is 4.39 Å². The Bertz CT molecular complexity index is 697. The molecule has 3 rings (SSSR count). The highest BCUT2D eigenvalue weighted by Crippen LogP contribution is 2.22. The number of hydrogen-bond donors (Lipinski definition) is 0. The Balaban J connectivity index is 1.60. The average molecular weight is 321 g/mol. The number of halogens is 2. The fraction of sp³-hybridized carbons (Fsp3) is 0.250. The van der Waals surface area contributed by atoms with Crippen molar-refractivity contribution in [2.75, 3.05) is 13.1 Å². The van der Waals surface area contributed by atoms with Crippen molar-refractivity contribution in [3.8, 4) is 5.75 Å². The van der Waals surface area contributed by atoms with Gasteiger partial charge in [0.15, 0.2) is 0 Å². The van der Waals surface area contributed by atoms with E-state index in [1.54, 1.807) is 17.2 Å². The van der Waals surface area contributed by atoms with Crippen molar-refractivity contribution in [3.63, 3.8) is 0 Å². The number of nitrogens with zero attached hydrogens (tertiary/aromatic N) is 2. The summed E-state index contributed by atoms with van der Waals surface area (Å²) in [5, 5.41) is 0.212. The minimum atomic E-state index is -0.517. The summed E-state index contributed by atoms with van der Waals surface area (Å²) >= 11 is 5.77. The van der Waals surface area contributed by atoms with Crippen LogP contribution in [0.15, 0.2) is 36.5 Å². The number of rotatable bonds is 3. The Kier molecular flexibility index (Phi) is 3.98. The van der Waals surface area contributed by atoms with Gasteiger partial charge in [0.2, 0.25) is 0 Å². The molecule has 114 valence electrons. The van der Waals surface area contributed by atoms with Crippen LogP contribution in [0, 0.1) is 12.7 Å². The van der Waals surface area contributed by atoms with Crippen LogP contribution < -0.4 is 4.74 Å². The Morgan fingerprint density at radius 3 is 2.82 bits per heavy atom. The second-order valence-corrected chi connectivity index (χ2v) is 5.68. The Morgan fingerprint density at radius 2 is 2.14 bits per heavy atom. The van der Waals surface area contributed by atoms with Crippen molar-refractivity contribution in [2.45, 2.75) is 13.0 Å². The minimum Gasteiger partial charge on any atom is -0.487 e. The van der Waals surface area contributed by atoms with Gasteiger partial charge in [-0.2, -0.15) is 0 Å². The number of carbonyl (C=O) groups excluding carboxylic acids is 1. The van der Waals surface area contributed by atoms with Crippen LogP contribution in [-0.2, 0) is 0 Å². The zero-order valence-corrected chi connectivity index (χ0v) is 12.7. The molecule has 0 unspecified atom stereocenters. The standard InChI is InChI=1S/C16H14ClFN2O2/c1-10-4-14(2-3-19-10)22-15-8-20(9-15)16(21)11-5-12(17)7-13(18)6-11/h2-7,15H,8-9H2,1H3. The number of aryl methyl sites for hydroxylation is 1. The highest BCUT2D eigenvalue weighted by Gasteiger charge is 2.33.